The zero-order valence-electron chi connectivity index (χ0n) is 22.4. The minimum absolute atomic E-state index is 0.00466. The Morgan fingerprint density at radius 1 is 1.10 bits per heavy atom. The van der Waals surface area contributed by atoms with E-state index >= 15 is 0 Å². The Hall–Kier alpha value is -4.67. The molecule has 1 unspecified atom stereocenters. The van der Waals surface area contributed by atoms with Gasteiger partial charge in [-0.2, -0.15) is 0 Å². The first-order valence-electron chi connectivity index (χ1n) is 12.5. The fraction of sp³-hybridized carbons (Fsp3) is 0.276. The van der Waals surface area contributed by atoms with Crippen LogP contribution in [0.15, 0.2) is 60.7 Å². The first kappa shape index (κ1) is 28.3. The van der Waals surface area contributed by atoms with Crippen LogP contribution in [0.4, 0.5) is 20.2 Å². The molecule has 11 heteroatoms. The van der Waals surface area contributed by atoms with E-state index in [4.69, 9.17) is 25.4 Å². The van der Waals surface area contributed by atoms with Crippen LogP contribution < -0.4 is 25.0 Å². The van der Waals surface area contributed by atoms with E-state index in [2.05, 4.69) is 0 Å². The highest BCUT2D eigenvalue weighted by Crippen LogP contribution is 2.39. The number of hydrogen-bond acceptors (Lipinski definition) is 7. The van der Waals surface area contributed by atoms with Gasteiger partial charge in [0.15, 0.2) is 5.60 Å². The van der Waals surface area contributed by atoms with Gasteiger partial charge in [0.1, 0.15) is 35.6 Å². The van der Waals surface area contributed by atoms with E-state index in [-0.39, 0.29) is 31.2 Å². The number of fused-ring (bicyclic) bond motifs is 1. The van der Waals surface area contributed by atoms with Gasteiger partial charge in [-0.25, -0.2) is 13.6 Å². The quantitative estimate of drug-likeness (QED) is 0.188. The van der Waals surface area contributed by atoms with E-state index in [0.717, 1.165) is 23.1 Å². The van der Waals surface area contributed by atoms with Gasteiger partial charge in [0.25, 0.3) is 0 Å². The molecule has 1 atom stereocenters. The third-order valence-corrected chi connectivity index (χ3v) is 6.26. The minimum atomic E-state index is -1.08. The second-order valence-electron chi connectivity index (χ2n) is 9.68. The number of nitrogen functional groups attached to an aromatic ring is 1. The Bertz CT molecular complexity index is 1410. The van der Waals surface area contributed by atoms with Crippen LogP contribution in [0.3, 0.4) is 0 Å². The molecule has 40 heavy (non-hydrogen) atoms. The zero-order valence-corrected chi connectivity index (χ0v) is 22.4. The number of likely N-dealkylation sites (N-methyl/N-ethyl adjacent to an activating group) is 1. The molecule has 0 fully saturated rings. The zero-order chi connectivity index (χ0) is 29.0. The Labute approximate surface area is 230 Å². The van der Waals surface area contributed by atoms with E-state index in [1.807, 2.05) is 18.9 Å². The summed E-state index contributed by atoms with van der Waals surface area (Å²) in [6.45, 7) is 3.86. The number of benzene rings is 3. The molecule has 0 bridgehead atoms. The summed E-state index contributed by atoms with van der Waals surface area (Å²) < 4.78 is 44.8. The van der Waals surface area contributed by atoms with Crippen LogP contribution in [-0.2, 0) is 20.9 Å². The van der Waals surface area contributed by atoms with Crippen molar-refractivity contribution in [3.05, 3.63) is 83.4 Å². The summed E-state index contributed by atoms with van der Waals surface area (Å²) in [6.07, 6.45) is 0. The molecule has 9 nitrogen and oxygen atoms in total. The summed E-state index contributed by atoms with van der Waals surface area (Å²) in [7, 11) is 1.85. The minimum Gasteiger partial charge on any atom is -0.489 e. The molecule has 4 rings (SSSR count). The third-order valence-electron chi connectivity index (χ3n) is 6.26. The van der Waals surface area contributed by atoms with Gasteiger partial charge in [0.2, 0.25) is 0 Å². The van der Waals surface area contributed by atoms with Crippen molar-refractivity contribution in [1.82, 2.24) is 0 Å². The van der Waals surface area contributed by atoms with E-state index in [1.54, 1.807) is 49.4 Å². The van der Waals surface area contributed by atoms with E-state index in [9.17, 15) is 18.4 Å². The number of amidine groups is 1. The van der Waals surface area contributed by atoms with Gasteiger partial charge in [0, 0.05) is 24.4 Å². The molecule has 1 aliphatic heterocycles. The van der Waals surface area contributed by atoms with Crippen LogP contribution in [0.2, 0.25) is 0 Å². The second kappa shape index (κ2) is 11.6. The number of amides is 1. The van der Waals surface area contributed by atoms with Crippen molar-refractivity contribution < 1.29 is 32.6 Å². The largest absolute Gasteiger partial charge is 0.489 e. The van der Waals surface area contributed by atoms with E-state index < -0.39 is 29.1 Å². The molecule has 3 aromatic rings. The number of carbonyl (C=O) groups excluding carboxylic acids is 2. The van der Waals surface area contributed by atoms with Gasteiger partial charge in [-0.05, 0) is 74.0 Å². The van der Waals surface area contributed by atoms with Crippen LogP contribution in [0.5, 0.6) is 11.5 Å². The molecule has 0 spiro atoms. The number of carbonyl (C=O) groups is 2. The predicted molar refractivity (Wildman–Crippen MR) is 146 cm³/mol. The molecule has 1 aliphatic rings. The molecule has 3 aromatic carbocycles. The summed E-state index contributed by atoms with van der Waals surface area (Å²) in [5.41, 5.74) is 6.49. The first-order valence-corrected chi connectivity index (χ1v) is 12.5. The molecule has 1 heterocycles. The summed E-state index contributed by atoms with van der Waals surface area (Å²) in [5, 5.41) is 7.50. The number of hydrogen-bond donors (Lipinski definition) is 2. The second-order valence-corrected chi connectivity index (χ2v) is 9.68. The maximum absolute atomic E-state index is 13.8. The summed E-state index contributed by atoms with van der Waals surface area (Å²) in [6, 6.07) is 14.7. The van der Waals surface area contributed by atoms with Gasteiger partial charge in [-0.1, -0.05) is 0 Å². The van der Waals surface area contributed by atoms with Gasteiger partial charge < -0.3 is 24.8 Å². The first-order chi connectivity index (χ1) is 19.0. The Morgan fingerprint density at radius 2 is 1.77 bits per heavy atom. The molecular weight excluding hydrogens is 522 g/mol. The molecule has 0 aromatic heterocycles. The standard InChI is InChI=1S/C29H30F2N4O5/c1-4-38-28(37)27(36)35(15-18-11-20(30)13-21(31)12-18)22-7-10-25-24(14-22)34(3)16-29(2,40-25)17-39-23-8-5-19(6-9-23)26(32)33/h5-14H,4,15-17H2,1-3H3,(H3,32,33). The summed E-state index contributed by atoms with van der Waals surface area (Å²) in [5.74, 6) is -2.56. The lowest BCUT2D eigenvalue weighted by molar-refractivity contribution is -0.153. The molecule has 0 saturated carbocycles. The van der Waals surface area contributed by atoms with Crippen molar-refractivity contribution in [3.8, 4) is 11.5 Å². The molecule has 3 N–H and O–H groups in total. The van der Waals surface area contributed by atoms with Crippen molar-refractivity contribution >= 4 is 29.1 Å². The maximum atomic E-state index is 13.8. The Kier molecular flexibility index (Phi) is 8.22. The topological polar surface area (TPSA) is 118 Å². The SMILES string of the molecule is CCOC(=O)C(=O)N(Cc1cc(F)cc(F)c1)c1ccc2c(c1)N(C)CC(C)(COc1ccc(C(=N)N)cc1)O2. The number of nitrogens with two attached hydrogens (primary N) is 1. The highest BCUT2D eigenvalue weighted by atomic mass is 19.1. The van der Waals surface area contributed by atoms with E-state index in [1.165, 1.54) is 0 Å². The third kappa shape index (κ3) is 6.48. The maximum Gasteiger partial charge on any atom is 0.397 e. The van der Waals surface area contributed by atoms with Crippen molar-refractivity contribution in [2.45, 2.75) is 26.0 Å². The number of nitrogens with zero attached hydrogens (tertiary/aromatic N) is 2. The summed E-state index contributed by atoms with van der Waals surface area (Å²) in [4.78, 5) is 28.4. The van der Waals surface area contributed by atoms with Crippen molar-refractivity contribution in [2.75, 3.05) is 36.6 Å². The fourth-order valence-electron chi connectivity index (χ4n) is 4.45. The van der Waals surface area contributed by atoms with Crippen LogP contribution in [-0.4, -0.2) is 50.1 Å². The number of halogens is 2. The monoisotopic (exact) mass is 552 g/mol. The fourth-order valence-corrected chi connectivity index (χ4v) is 4.45. The average molecular weight is 553 g/mol. The van der Waals surface area contributed by atoms with Gasteiger partial charge in [-0.3, -0.25) is 15.1 Å². The molecule has 0 radical (unpaired) electrons. The normalized spacial score (nSPS) is 16.0. The average Bonchev–Trinajstić information content (AvgIpc) is 2.90. The van der Waals surface area contributed by atoms with Crippen LogP contribution in [0.1, 0.15) is 25.0 Å². The van der Waals surface area contributed by atoms with Crippen LogP contribution >= 0.6 is 0 Å². The number of nitrogens with one attached hydrogen (secondary N) is 1. The summed E-state index contributed by atoms with van der Waals surface area (Å²) >= 11 is 0. The van der Waals surface area contributed by atoms with Gasteiger partial charge >= 0.3 is 11.9 Å². The van der Waals surface area contributed by atoms with Crippen molar-refractivity contribution in [3.63, 3.8) is 0 Å². The van der Waals surface area contributed by atoms with Gasteiger partial charge in [-0.15, -0.1) is 0 Å². The lowest BCUT2D eigenvalue weighted by Gasteiger charge is -2.41. The molecular formula is C29H30F2N4O5. The van der Waals surface area contributed by atoms with Crippen LogP contribution in [0.25, 0.3) is 0 Å². The lowest BCUT2D eigenvalue weighted by Crippen LogP contribution is -2.51. The van der Waals surface area contributed by atoms with Crippen molar-refractivity contribution in [2.24, 2.45) is 5.73 Å². The number of ether oxygens (including phenoxy) is 3. The highest BCUT2D eigenvalue weighted by molar-refractivity contribution is 6.38. The molecule has 0 aliphatic carbocycles. The molecule has 1 amide bonds. The predicted octanol–water partition coefficient (Wildman–Crippen LogP) is 4.01. The van der Waals surface area contributed by atoms with Crippen LogP contribution in [0, 0.1) is 17.0 Å². The number of esters is 1. The Balaban J connectivity index is 1.57. The molecule has 0 saturated heterocycles. The van der Waals surface area contributed by atoms with Crippen molar-refractivity contribution in [1.29, 1.82) is 5.41 Å². The van der Waals surface area contributed by atoms with E-state index in [0.29, 0.717) is 35.0 Å². The number of anilines is 2. The lowest BCUT2D eigenvalue weighted by atomic mass is 10.0. The highest BCUT2D eigenvalue weighted by Gasteiger charge is 2.36. The number of rotatable bonds is 8. The Morgan fingerprint density at radius 3 is 2.40 bits per heavy atom. The smallest absolute Gasteiger partial charge is 0.397 e. The molecule has 210 valence electrons. The van der Waals surface area contributed by atoms with Gasteiger partial charge in [0.05, 0.1) is 25.4 Å².